The lowest BCUT2D eigenvalue weighted by Gasteiger charge is -2.36. The van der Waals surface area contributed by atoms with Crippen LogP contribution in [0.25, 0.3) is 6.08 Å². The minimum atomic E-state index is -0.157. The van der Waals surface area contributed by atoms with Gasteiger partial charge in [0.05, 0.1) is 0 Å². The summed E-state index contributed by atoms with van der Waals surface area (Å²) in [5, 5.41) is 0. The monoisotopic (exact) mass is 260 g/mol. The van der Waals surface area contributed by atoms with E-state index in [2.05, 4.69) is 32.9 Å². The molecule has 0 saturated heterocycles. The van der Waals surface area contributed by atoms with Crippen molar-refractivity contribution in [2.45, 2.75) is 46.5 Å². The van der Waals surface area contributed by atoms with Gasteiger partial charge >= 0.3 is 0 Å². The fourth-order valence-electron chi connectivity index (χ4n) is 3.04. The number of halogens is 1. The quantitative estimate of drug-likeness (QED) is 0.654. The lowest BCUT2D eigenvalue weighted by atomic mass is 9.69. The van der Waals surface area contributed by atoms with Crippen LogP contribution in [0.5, 0.6) is 0 Å². The van der Waals surface area contributed by atoms with Gasteiger partial charge in [0.15, 0.2) is 0 Å². The van der Waals surface area contributed by atoms with E-state index in [-0.39, 0.29) is 11.2 Å². The van der Waals surface area contributed by atoms with Crippen molar-refractivity contribution in [3.8, 4) is 0 Å². The van der Waals surface area contributed by atoms with Crippen molar-refractivity contribution >= 4 is 6.08 Å². The Balaban J connectivity index is 1.99. The Morgan fingerprint density at radius 3 is 2.53 bits per heavy atom. The number of allylic oxidation sites excluding steroid dienone is 1. The average molecular weight is 260 g/mol. The summed E-state index contributed by atoms with van der Waals surface area (Å²) < 4.78 is 13.1. The van der Waals surface area contributed by atoms with E-state index >= 15 is 0 Å². The number of benzene rings is 1. The molecule has 1 aromatic rings. The van der Waals surface area contributed by atoms with Crippen LogP contribution in [0.1, 0.15) is 52.0 Å². The van der Waals surface area contributed by atoms with Crippen LogP contribution in [0, 0.1) is 23.1 Å². The highest BCUT2D eigenvalue weighted by Gasteiger charge is 2.29. The molecule has 0 nitrogen and oxygen atoms in total. The topological polar surface area (TPSA) is 0 Å². The Labute approximate surface area is 116 Å². The maximum absolute atomic E-state index is 13.1. The van der Waals surface area contributed by atoms with Crippen LogP contribution < -0.4 is 0 Å². The molecule has 0 heterocycles. The highest BCUT2D eigenvalue weighted by molar-refractivity contribution is 5.50. The summed E-state index contributed by atoms with van der Waals surface area (Å²) in [7, 11) is 0. The van der Waals surface area contributed by atoms with Crippen LogP contribution in [-0.4, -0.2) is 0 Å². The SMILES string of the molecule is CC(C)C1CCC(C)(/C=C/c2cccc(F)c2)CC1. The summed E-state index contributed by atoms with van der Waals surface area (Å²) in [6.07, 6.45) is 9.52. The number of hydrogen-bond acceptors (Lipinski definition) is 0. The molecular weight excluding hydrogens is 235 g/mol. The van der Waals surface area contributed by atoms with Crippen LogP contribution in [-0.2, 0) is 0 Å². The van der Waals surface area contributed by atoms with Crippen molar-refractivity contribution in [2.24, 2.45) is 17.3 Å². The summed E-state index contributed by atoms with van der Waals surface area (Å²) in [6.45, 7) is 6.99. The molecule has 0 radical (unpaired) electrons. The summed E-state index contributed by atoms with van der Waals surface area (Å²) in [6, 6.07) is 6.82. The van der Waals surface area contributed by atoms with Crippen molar-refractivity contribution in [3.63, 3.8) is 0 Å². The maximum Gasteiger partial charge on any atom is 0.123 e. The van der Waals surface area contributed by atoms with E-state index in [0.29, 0.717) is 0 Å². The molecule has 2 rings (SSSR count). The molecule has 0 atom stereocenters. The van der Waals surface area contributed by atoms with Crippen molar-refractivity contribution in [1.82, 2.24) is 0 Å². The number of hydrogen-bond donors (Lipinski definition) is 0. The minimum Gasteiger partial charge on any atom is -0.207 e. The highest BCUT2D eigenvalue weighted by Crippen LogP contribution is 2.42. The van der Waals surface area contributed by atoms with Gasteiger partial charge in [0.1, 0.15) is 5.82 Å². The molecule has 0 aliphatic heterocycles. The van der Waals surface area contributed by atoms with E-state index in [4.69, 9.17) is 0 Å². The number of rotatable bonds is 3. The lowest BCUT2D eigenvalue weighted by Crippen LogP contribution is -2.24. The van der Waals surface area contributed by atoms with Gasteiger partial charge in [-0.25, -0.2) is 4.39 Å². The van der Waals surface area contributed by atoms with Gasteiger partial charge in [0.2, 0.25) is 0 Å². The van der Waals surface area contributed by atoms with E-state index in [1.54, 1.807) is 12.1 Å². The molecule has 0 N–H and O–H groups in total. The molecule has 0 amide bonds. The molecule has 1 saturated carbocycles. The Kier molecular flexibility index (Phi) is 4.44. The van der Waals surface area contributed by atoms with Crippen LogP contribution in [0.4, 0.5) is 4.39 Å². The third kappa shape index (κ3) is 3.92. The Bertz CT molecular complexity index is 437. The van der Waals surface area contributed by atoms with Gasteiger partial charge in [0.25, 0.3) is 0 Å². The lowest BCUT2D eigenvalue weighted by molar-refractivity contribution is 0.185. The zero-order chi connectivity index (χ0) is 13.9. The van der Waals surface area contributed by atoms with Crippen molar-refractivity contribution in [3.05, 3.63) is 41.7 Å². The van der Waals surface area contributed by atoms with Crippen molar-refractivity contribution in [2.75, 3.05) is 0 Å². The first-order valence-electron chi connectivity index (χ1n) is 7.43. The van der Waals surface area contributed by atoms with E-state index < -0.39 is 0 Å². The van der Waals surface area contributed by atoms with Crippen LogP contribution in [0.3, 0.4) is 0 Å². The molecular formula is C18H25F. The first kappa shape index (κ1) is 14.3. The minimum absolute atomic E-state index is 0.157. The van der Waals surface area contributed by atoms with Crippen molar-refractivity contribution < 1.29 is 4.39 Å². The molecule has 1 aliphatic carbocycles. The molecule has 0 spiro atoms. The van der Waals surface area contributed by atoms with Crippen LogP contribution in [0.2, 0.25) is 0 Å². The summed E-state index contributed by atoms with van der Waals surface area (Å²) in [5.41, 5.74) is 1.25. The van der Waals surface area contributed by atoms with Gasteiger partial charge < -0.3 is 0 Å². The van der Waals surface area contributed by atoms with Crippen molar-refractivity contribution in [1.29, 1.82) is 0 Å². The van der Waals surface area contributed by atoms with Gasteiger partial charge in [-0.15, -0.1) is 0 Å². The molecule has 1 aromatic carbocycles. The van der Waals surface area contributed by atoms with E-state index in [0.717, 1.165) is 17.4 Å². The summed E-state index contributed by atoms with van der Waals surface area (Å²) >= 11 is 0. The second-order valence-electron chi connectivity index (χ2n) is 6.62. The normalized spacial score (nSPS) is 28.2. The first-order valence-corrected chi connectivity index (χ1v) is 7.43. The Hall–Kier alpha value is -1.11. The van der Waals surface area contributed by atoms with Gasteiger partial charge in [-0.1, -0.05) is 45.1 Å². The zero-order valence-electron chi connectivity index (χ0n) is 12.3. The highest BCUT2D eigenvalue weighted by atomic mass is 19.1. The van der Waals surface area contributed by atoms with Gasteiger partial charge in [-0.2, -0.15) is 0 Å². The first-order chi connectivity index (χ1) is 8.98. The third-order valence-electron chi connectivity index (χ3n) is 4.64. The van der Waals surface area contributed by atoms with Gasteiger partial charge in [-0.3, -0.25) is 0 Å². The average Bonchev–Trinajstić information content (AvgIpc) is 2.37. The van der Waals surface area contributed by atoms with E-state index in [9.17, 15) is 4.39 Å². The summed E-state index contributed by atoms with van der Waals surface area (Å²) in [4.78, 5) is 0. The molecule has 0 aromatic heterocycles. The predicted molar refractivity (Wildman–Crippen MR) is 80.3 cm³/mol. The molecule has 1 fully saturated rings. The maximum atomic E-state index is 13.1. The fraction of sp³-hybridized carbons (Fsp3) is 0.556. The second-order valence-corrected chi connectivity index (χ2v) is 6.62. The fourth-order valence-corrected chi connectivity index (χ4v) is 3.04. The molecule has 0 bridgehead atoms. The Morgan fingerprint density at radius 1 is 1.26 bits per heavy atom. The Morgan fingerprint density at radius 2 is 1.95 bits per heavy atom. The standard InChI is InChI=1S/C18H25F/c1-14(2)16-8-11-18(3,12-9-16)10-7-15-5-4-6-17(19)13-15/h4-7,10,13-14,16H,8-9,11-12H2,1-3H3/b10-7+. The van der Waals surface area contributed by atoms with E-state index in [1.807, 2.05) is 6.07 Å². The predicted octanol–water partition coefficient (Wildman–Crippen LogP) is 5.69. The van der Waals surface area contributed by atoms with E-state index in [1.165, 1.54) is 31.7 Å². The molecule has 1 aliphatic rings. The molecule has 19 heavy (non-hydrogen) atoms. The van der Waals surface area contributed by atoms with Gasteiger partial charge in [0, 0.05) is 0 Å². The van der Waals surface area contributed by atoms with Gasteiger partial charge in [-0.05, 0) is 60.6 Å². The second kappa shape index (κ2) is 5.90. The smallest absolute Gasteiger partial charge is 0.123 e. The summed E-state index contributed by atoms with van der Waals surface area (Å²) in [5.74, 6) is 1.53. The zero-order valence-corrected chi connectivity index (χ0v) is 12.3. The molecule has 104 valence electrons. The largest absolute Gasteiger partial charge is 0.207 e. The molecule has 0 unspecified atom stereocenters. The molecule has 1 heteroatoms. The van der Waals surface area contributed by atoms with Crippen LogP contribution >= 0.6 is 0 Å². The van der Waals surface area contributed by atoms with Crippen LogP contribution in [0.15, 0.2) is 30.3 Å². The third-order valence-corrected chi connectivity index (χ3v) is 4.64.